The van der Waals surface area contributed by atoms with Gasteiger partial charge in [-0.3, -0.25) is 4.90 Å². The van der Waals surface area contributed by atoms with Crippen molar-refractivity contribution < 1.29 is 9.53 Å². The van der Waals surface area contributed by atoms with Crippen molar-refractivity contribution in [1.29, 1.82) is 0 Å². The summed E-state index contributed by atoms with van der Waals surface area (Å²) in [6, 6.07) is 1.54. The van der Waals surface area contributed by atoms with Crippen LogP contribution < -0.4 is 5.73 Å². The molecule has 0 spiro atoms. The Morgan fingerprint density at radius 3 is 2.85 bits per heavy atom. The number of hydrogen-bond acceptors (Lipinski definition) is 6. The molecule has 110 valence electrons. The standard InChI is InChI=1S/C14H21N3O2S/c1-2-19-14(18)13-16-10(8-20-13)7-17-11-3-4-12(17)6-9(15)5-11/h8-9,11-12H,2-7,15H2,1H3. The van der Waals surface area contributed by atoms with E-state index in [-0.39, 0.29) is 5.97 Å². The third-order valence-corrected chi connectivity index (χ3v) is 5.14. The van der Waals surface area contributed by atoms with Crippen LogP contribution in [0.15, 0.2) is 5.38 Å². The van der Waals surface area contributed by atoms with Gasteiger partial charge in [-0.1, -0.05) is 0 Å². The quantitative estimate of drug-likeness (QED) is 0.857. The van der Waals surface area contributed by atoms with E-state index >= 15 is 0 Å². The molecule has 3 heterocycles. The molecule has 0 amide bonds. The lowest BCUT2D eigenvalue weighted by molar-refractivity contribution is 0.0525. The molecule has 6 heteroatoms. The topological polar surface area (TPSA) is 68.5 Å². The number of carbonyl (C=O) groups is 1. The lowest BCUT2D eigenvalue weighted by atomic mass is 9.98. The van der Waals surface area contributed by atoms with Gasteiger partial charge < -0.3 is 10.5 Å². The number of nitrogens with zero attached hydrogens (tertiary/aromatic N) is 2. The molecule has 2 N–H and O–H groups in total. The van der Waals surface area contributed by atoms with Gasteiger partial charge in [0.25, 0.3) is 0 Å². The second-order valence-electron chi connectivity index (χ2n) is 5.65. The molecule has 2 aliphatic rings. The van der Waals surface area contributed by atoms with E-state index < -0.39 is 0 Å². The van der Waals surface area contributed by atoms with Gasteiger partial charge >= 0.3 is 5.97 Å². The zero-order valence-corrected chi connectivity index (χ0v) is 12.6. The van der Waals surface area contributed by atoms with Crippen LogP contribution in [0, 0.1) is 0 Å². The monoisotopic (exact) mass is 295 g/mol. The Morgan fingerprint density at radius 2 is 2.20 bits per heavy atom. The first-order valence-corrected chi connectivity index (χ1v) is 8.18. The Hall–Kier alpha value is -0.980. The van der Waals surface area contributed by atoms with E-state index in [1.54, 1.807) is 6.92 Å². The maximum absolute atomic E-state index is 11.6. The molecule has 20 heavy (non-hydrogen) atoms. The maximum Gasteiger partial charge on any atom is 0.367 e. The number of hydrogen-bond donors (Lipinski definition) is 1. The van der Waals surface area contributed by atoms with Crippen molar-refractivity contribution in [3.63, 3.8) is 0 Å². The van der Waals surface area contributed by atoms with Gasteiger partial charge in [0.2, 0.25) is 5.01 Å². The van der Waals surface area contributed by atoms with E-state index in [9.17, 15) is 4.79 Å². The van der Waals surface area contributed by atoms with Crippen LogP contribution in [0.5, 0.6) is 0 Å². The Kier molecular flexibility index (Phi) is 4.05. The molecule has 2 bridgehead atoms. The number of piperidine rings is 1. The average Bonchev–Trinajstić information content (AvgIpc) is 2.96. The van der Waals surface area contributed by atoms with Crippen molar-refractivity contribution in [1.82, 2.24) is 9.88 Å². The largest absolute Gasteiger partial charge is 0.461 e. The molecule has 0 aliphatic carbocycles. The third kappa shape index (κ3) is 2.73. The summed E-state index contributed by atoms with van der Waals surface area (Å²) in [4.78, 5) is 18.6. The highest BCUT2D eigenvalue weighted by atomic mass is 32.1. The molecule has 0 aromatic carbocycles. The number of rotatable bonds is 4. The molecular formula is C14H21N3O2S. The highest BCUT2D eigenvalue weighted by molar-refractivity contribution is 7.11. The first-order chi connectivity index (χ1) is 9.67. The minimum atomic E-state index is -0.313. The molecule has 3 rings (SSSR count). The highest BCUT2D eigenvalue weighted by Gasteiger charge is 2.39. The summed E-state index contributed by atoms with van der Waals surface area (Å²) >= 11 is 1.37. The second-order valence-corrected chi connectivity index (χ2v) is 6.51. The van der Waals surface area contributed by atoms with Crippen LogP contribution in [0.1, 0.15) is 48.1 Å². The summed E-state index contributed by atoms with van der Waals surface area (Å²) in [5.41, 5.74) is 7.06. The summed E-state index contributed by atoms with van der Waals surface area (Å²) in [6.45, 7) is 3.03. The van der Waals surface area contributed by atoms with Crippen molar-refractivity contribution in [2.75, 3.05) is 6.61 Å². The summed E-state index contributed by atoms with van der Waals surface area (Å²) < 4.78 is 4.98. The fourth-order valence-electron chi connectivity index (χ4n) is 3.43. The number of esters is 1. The Bertz CT molecular complexity index is 477. The summed E-state index contributed by atoms with van der Waals surface area (Å²) in [7, 11) is 0. The normalized spacial score (nSPS) is 29.6. The molecule has 2 unspecified atom stereocenters. The summed E-state index contributed by atoms with van der Waals surface area (Å²) in [5.74, 6) is -0.313. The van der Waals surface area contributed by atoms with Gasteiger partial charge in [0.1, 0.15) is 0 Å². The first kappa shape index (κ1) is 14.0. The Balaban J connectivity index is 1.65. The van der Waals surface area contributed by atoms with Crippen LogP contribution in [0.25, 0.3) is 0 Å². The zero-order chi connectivity index (χ0) is 14.1. The van der Waals surface area contributed by atoms with Gasteiger partial charge in [-0.25, -0.2) is 9.78 Å². The highest BCUT2D eigenvalue weighted by Crippen LogP contribution is 2.36. The molecule has 1 aromatic heterocycles. The average molecular weight is 295 g/mol. The molecule has 0 radical (unpaired) electrons. The van der Waals surface area contributed by atoms with E-state index in [0.717, 1.165) is 25.1 Å². The number of carbonyl (C=O) groups excluding carboxylic acids is 1. The Labute approximate surface area is 123 Å². The smallest absolute Gasteiger partial charge is 0.367 e. The number of fused-ring (bicyclic) bond motifs is 2. The van der Waals surface area contributed by atoms with Crippen molar-refractivity contribution in [2.24, 2.45) is 5.73 Å². The van der Waals surface area contributed by atoms with Gasteiger partial charge in [-0.2, -0.15) is 0 Å². The lowest BCUT2D eigenvalue weighted by Crippen LogP contribution is -2.46. The van der Waals surface area contributed by atoms with Crippen LogP contribution in [0.4, 0.5) is 0 Å². The zero-order valence-electron chi connectivity index (χ0n) is 11.7. The summed E-state index contributed by atoms with van der Waals surface area (Å²) in [5, 5.41) is 2.43. The minimum absolute atomic E-state index is 0.313. The Morgan fingerprint density at radius 1 is 1.50 bits per heavy atom. The number of nitrogens with two attached hydrogens (primary N) is 1. The van der Waals surface area contributed by atoms with E-state index in [1.807, 2.05) is 5.38 Å². The van der Waals surface area contributed by atoms with Crippen molar-refractivity contribution in [3.05, 3.63) is 16.1 Å². The van der Waals surface area contributed by atoms with Crippen LogP contribution >= 0.6 is 11.3 Å². The first-order valence-electron chi connectivity index (χ1n) is 7.30. The molecular weight excluding hydrogens is 274 g/mol. The van der Waals surface area contributed by atoms with E-state index in [0.29, 0.717) is 29.7 Å². The molecule has 2 fully saturated rings. The van der Waals surface area contributed by atoms with Crippen LogP contribution in [0.3, 0.4) is 0 Å². The molecule has 5 nitrogen and oxygen atoms in total. The van der Waals surface area contributed by atoms with Gasteiger partial charge in [0, 0.05) is 30.1 Å². The van der Waals surface area contributed by atoms with E-state index in [4.69, 9.17) is 10.5 Å². The fourth-order valence-corrected chi connectivity index (χ4v) is 4.13. The predicted octanol–water partition coefficient (Wildman–Crippen LogP) is 1.77. The maximum atomic E-state index is 11.6. The SMILES string of the molecule is CCOC(=O)c1nc(CN2C3CCC2CC(N)C3)cs1. The van der Waals surface area contributed by atoms with Gasteiger partial charge in [0.05, 0.1) is 12.3 Å². The summed E-state index contributed by atoms with van der Waals surface area (Å²) in [6.07, 6.45) is 4.66. The number of aromatic nitrogens is 1. The molecule has 0 saturated carbocycles. The lowest BCUT2D eigenvalue weighted by Gasteiger charge is -2.37. The molecule has 2 atom stereocenters. The molecule has 1 aromatic rings. The third-order valence-electron chi connectivity index (χ3n) is 4.27. The fraction of sp³-hybridized carbons (Fsp3) is 0.714. The van der Waals surface area contributed by atoms with Gasteiger partial charge in [-0.05, 0) is 32.6 Å². The molecule has 2 aliphatic heterocycles. The van der Waals surface area contributed by atoms with E-state index in [2.05, 4.69) is 9.88 Å². The van der Waals surface area contributed by atoms with Gasteiger partial charge in [0.15, 0.2) is 0 Å². The minimum Gasteiger partial charge on any atom is -0.461 e. The van der Waals surface area contributed by atoms with E-state index in [1.165, 1.54) is 24.2 Å². The number of ether oxygens (including phenoxy) is 1. The van der Waals surface area contributed by atoms with Crippen molar-refractivity contribution >= 4 is 17.3 Å². The van der Waals surface area contributed by atoms with Crippen molar-refractivity contribution in [3.8, 4) is 0 Å². The van der Waals surface area contributed by atoms with Crippen LogP contribution in [-0.4, -0.2) is 40.6 Å². The van der Waals surface area contributed by atoms with Crippen LogP contribution in [-0.2, 0) is 11.3 Å². The number of thiazole rings is 1. The van der Waals surface area contributed by atoms with Crippen LogP contribution in [0.2, 0.25) is 0 Å². The van der Waals surface area contributed by atoms with Crippen molar-refractivity contribution in [2.45, 2.75) is 57.3 Å². The van der Waals surface area contributed by atoms with Gasteiger partial charge in [-0.15, -0.1) is 11.3 Å². The predicted molar refractivity (Wildman–Crippen MR) is 77.6 cm³/mol. The molecule has 2 saturated heterocycles. The second kappa shape index (κ2) is 5.79.